The quantitative estimate of drug-likeness (QED) is 0.267. The molecule has 0 heterocycles. The SMILES string of the molecule is C=C(C)C(CC)CCC(C)C1CCC2C3=CCC4C(C)(C)C(OC(C)=O)CCC4(C)C3CCC21C. The molecule has 0 aliphatic heterocycles. The lowest BCUT2D eigenvalue weighted by Gasteiger charge is -2.62. The van der Waals surface area contributed by atoms with Gasteiger partial charge < -0.3 is 4.74 Å². The fourth-order valence-electron chi connectivity index (χ4n) is 10.1. The van der Waals surface area contributed by atoms with Crippen LogP contribution in [0.15, 0.2) is 23.8 Å². The number of hydrogen-bond donors (Lipinski definition) is 0. The Balaban J connectivity index is 1.53. The van der Waals surface area contributed by atoms with Gasteiger partial charge in [0.05, 0.1) is 0 Å². The molecule has 4 rings (SSSR count). The van der Waals surface area contributed by atoms with Gasteiger partial charge in [-0.1, -0.05) is 65.3 Å². The second kappa shape index (κ2) is 9.68. The zero-order chi connectivity index (χ0) is 25.8. The van der Waals surface area contributed by atoms with Crippen LogP contribution in [0.2, 0.25) is 0 Å². The van der Waals surface area contributed by atoms with Gasteiger partial charge in [-0.3, -0.25) is 4.79 Å². The molecule has 4 aliphatic rings. The van der Waals surface area contributed by atoms with Crippen LogP contribution in [0.1, 0.15) is 120 Å². The molecule has 0 amide bonds. The number of carbonyl (C=O) groups is 1. The van der Waals surface area contributed by atoms with E-state index < -0.39 is 0 Å². The van der Waals surface area contributed by atoms with Crippen LogP contribution in [0, 0.1) is 51.8 Å². The molecule has 9 unspecified atom stereocenters. The number of hydrogen-bond acceptors (Lipinski definition) is 2. The van der Waals surface area contributed by atoms with Gasteiger partial charge in [0.25, 0.3) is 0 Å². The van der Waals surface area contributed by atoms with Crippen molar-refractivity contribution in [2.75, 3.05) is 0 Å². The number of rotatable bonds is 7. The smallest absolute Gasteiger partial charge is 0.302 e. The van der Waals surface area contributed by atoms with E-state index in [4.69, 9.17) is 4.74 Å². The molecule has 0 aromatic carbocycles. The molecule has 4 aliphatic carbocycles. The molecule has 0 N–H and O–H groups in total. The van der Waals surface area contributed by atoms with E-state index in [1.165, 1.54) is 56.9 Å². The number of esters is 1. The molecule has 0 radical (unpaired) electrons. The van der Waals surface area contributed by atoms with Crippen molar-refractivity contribution in [3.63, 3.8) is 0 Å². The van der Waals surface area contributed by atoms with Gasteiger partial charge in [0, 0.05) is 12.3 Å². The van der Waals surface area contributed by atoms with Gasteiger partial charge in [-0.05, 0) is 117 Å². The predicted octanol–water partition coefficient (Wildman–Crippen LogP) is 9.15. The van der Waals surface area contributed by atoms with Gasteiger partial charge in [0.2, 0.25) is 0 Å². The summed E-state index contributed by atoms with van der Waals surface area (Å²) in [5.41, 5.74) is 4.05. The normalized spacial score (nSPS) is 41.6. The molecule has 9 atom stereocenters. The molecule has 2 nitrogen and oxygen atoms in total. The summed E-state index contributed by atoms with van der Waals surface area (Å²) in [4.78, 5) is 11.8. The van der Waals surface area contributed by atoms with E-state index in [0.29, 0.717) is 22.7 Å². The fraction of sp³-hybridized carbons (Fsp3) is 0.848. The number of fused-ring (bicyclic) bond motifs is 5. The molecular formula is C33H54O2. The van der Waals surface area contributed by atoms with E-state index in [0.717, 1.165) is 36.5 Å². The minimum atomic E-state index is -0.119. The van der Waals surface area contributed by atoms with Crippen LogP contribution in [-0.4, -0.2) is 12.1 Å². The van der Waals surface area contributed by atoms with E-state index in [1.807, 2.05) is 5.57 Å². The Morgan fingerprint density at radius 3 is 2.31 bits per heavy atom. The summed E-state index contributed by atoms with van der Waals surface area (Å²) in [6.45, 7) is 22.9. The first-order valence-corrected chi connectivity index (χ1v) is 14.9. The van der Waals surface area contributed by atoms with Crippen LogP contribution in [0.3, 0.4) is 0 Å². The molecule has 0 saturated heterocycles. The standard InChI is InChI=1S/C33H54O2/c1-10-24(21(2)3)12-11-22(4)26-14-15-27-25-13-16-29-31(6,7)30(35-23(5)34)18-20-33(29,9)28(25)17-19-32(26,27)8/h13,22,24,26-30H,2,10-12,14-20H2,1,3-9H3. The Kier molecular flexibility index (Phi) is 7.47. The van der Waals surface area contributed by atoms with Crippen molar-refractivity contribution in [3.8, 4) is 0 Å². The second-order valence-corrected chi connectivity index (χ2v) is 14.3. The van der Waals surface area contributed by atoms with Crippen LogP contribution in [0.25, 0.3) is 0 Å². The van der Waals surface area contributed by atoms with Crippen LogP contribution in [0.5, 0.6) is 0 Å². The maximum Gasteiger partial charge on any atom is 0.302 e. The lowest BCUT2D eigenvalue weighted by molar-refractivity contribution is -0.173. The van der Waals surface area contributed by atoms with Crippen molar-refractivity contribution in [2.45, 2.75) is 126 Å². The minimum absolute atomic E-state index is 0.0350. The molecule has 2 heteroatoms. The van der Waals surface area contributed by atoms with Gasteiger partial charge in [-0.15, -0.1) is 0 Å². The Bertz CT molecular complexity index is 851. The second-order valence-electron chi connectivity index (χ2n) is 14.3. The van der Waals surface area contributed by atoms with Gasteiger partial charge in [-0.2, -0.15) is 0 Å². The summed E-state index contributed by atoms with van der Waals surface area (Å²) in [7, 11) is 0. The zero-order valence-electron chi connectivity index (χ0n) is 24.2. The zero-order valence-corrected chi connectivity index (χ0v) is 24.2. The van der Waals surface area contributed by atoms with Gasteiger partial charge in [-0.25, -0.2) is 0 Å². The highest BCUT2D eigenvalue weighted by Gasteiger charge is 2.61. The summed E-state index contributed by atoms with van der Waals surface area (Å²) < 4.78 is 5.86. The molecule has 3 fully saturated rings. The average molecular weight is 483 g/mol. The van der Waals surface area contributed by atoms with E-state index >= 15 is 0 Å². The van der Waals surface area contributed by atoms with E-state index in [9.17, 15) is 4.79 Å². The third-order valence-corrected chi connectivity index (χ3v) is 12.2. The van der Waals surface area contributed by atoms with Gasteiger partial charge in [0.1, 0.15) is 6.10 Å². The summed E-state index contributed by atoms with van der Waals surface area (Å²) in [5.74, 6) is 4.34. The first-order valence-electron chi connectivity index (χ1n) is 14.9. The van der Waals surface area contributed by atoms with Crippen molar-refractivity contribution in [1.29, 1.82) is 0 Å². The minimum Gasteiger partial charge on any atom is -0.462 e. The van der Waals surface area contributed by atoms with E-state index in [1.54, 1.807) is 6.92 Å². The average Bonchev–Trinajstić information content (AvgIpc) is 3.13. The van der Waals surface area contributed by atoms with Gasteiger partial charge in [0.15, 0.2) is 0 Å². The lowest BCUT2D eigenvalue weighted by atomic mass is 9.43. The summed E-state index contributed by atoms with van der Waals surface area (Å²) in [6.07, 6.45) is 15.6. The Morgan fingerprint density at radius 1 is 1.03 bits per heavy atom. The van der Waals surface area contributed by atoms with Crippen LogP contribution in [0.4, 0.5) is 0 Å². The summed E-state index contributed by atoms with van der Waals surface area (Å²) in [5, 5.41) is 0. The van der Waals surface area contributed by atoms with Crippen molar-refractivity contribution in [2.24, 2.45) is 51.8 Å². The predicted molar refractivity (Wildman–Crippen MR) is 147 cm³/mol. The van der Waals surface area contributed by atoms with E-state index in [-0.39, 0.29) is 17.5 Å². The molecule has 198 valence electrons. The van der Waals surface area contributed by atoms with Crippen molar-refractivity contribution < 1.29 is 9.53 Å². The number of allylic oxidation sites excluding steroid dienone is 3. The third kappa shape index (κ3) is 4.48. The molecule has 0 spiro atoms. The molecule has 0 aromatic heterocycles. The van der Waals surface area contributed by atoms with Crippen molar-refractivity contribution in [3.05, 3.63) is 23.8 Å². The first kappa shape index (κ1) is 27.0. The Morgan fingerprint density at radius 2 is 1.69 bits per heavy atom. The van der Waals surface area contributed by atoms with Gasteiger partial charge >= 0.3 is 5.97 Å². The molecule has 3 saturated carbocycles. The number of ether oxygens (including phenoxy) is 1. The maximum absolute atomic E-state index is 11.8. The molecule has 0 aromatic rings. The highest BCUT2D eigenvalue weighted by atomic mass is 16.5. The summed E-state index contributed by atoms with van der Waals surface area (Å²) >= 11 is 0. The highest BCUT2D eigenvalue weighted by molar-refractivity contribution is 5.66. The summed E-state index contributed by atoms with van der Waals surface area (Å²) in [6, 6.07) is 0. The molecule has 0 bridgehead atoms. The third-order valence-electron chi connectivity index (χ3n) is 12.2. The number of carbonyl (C=O) groups excluding carboxylic acids is 1. The topological polar surface area (TPSA) is 26.3 Å². The van der Waals surface area contributed by atoms with Crippen molar-refractivity contribution in [1.82, 2.24) is 0 Å². The highest BCUT2D eigenvalue weighted by Crippen LogP contribution is 2.69. The van der Waals surface area contributed by atoms with Crippen LogP contribution >= 0.6 is 0 Å². The van der Waals surface area contributed by atoms with Crippen LogP contribution < -0.4 is 0 Å². The maximum atomic E-state index is 11.8. The monoisotopic (exact) mass is 482 g/mol. The molecular weight excluding hydrogens is 428 g/mol. The van der Waals surface area contributed by atoms with E-state index in [2.05, 4.69) is 61.1 Å². The Labute approximate surface area is 216 Å². The fourth-order valence-corrected chi connectivity index (χ4v) is 10.1. The first-order chi connectivity index (χ1) is 16.4. The lowest BCUT2D eigenvalue weighted by Crippen LogP contribution is -2.57. The van der Waals surface area contributed by atoms with Crippen molar-refractivity contribution >= 4 is 5.97 Å². The largest absolute Gasteiger partial charge is 0.462 e. The van der Waals surface area contributed by atoms with Crippen LogP contribution in [-0.2, 0) is 9.53 Å². The Hall–Kier alpha value is -1.05. The molecule has 35 heavy (non-hydrogen) atoms.